The van der Waals surface area contributed by atoms with Crippen LogP contribution in [0.3, 0.4) is 0 Å². The molecule has 0 radical (unpaired) electrons. The lowest BCUT2D eigenvalue weighted by atomic mass is 9.91. The van der Waals surface area contributed by atoms with Crippen LogP contribution in [0.15, 0.2) is 36.4 Å². The van der Waals surface area contributed by atoms with Crippen molar-refractivity contribution >= 4 is 0 Å². The Bertz CT molecular complexity index is 336. The van der Waals surface area contributed by atoms with Gasteiger partial charge in [-0.05, 0) is 50.0 Å². The summed E-state index contributed by atoms with van der Waals surface area (Å²) in [6.45, 7) is 7.37. The molecule has 1 atom stereocenters. The summed E-state index contributed by atoms with van der Waals surface area (Å²) in [7, 11) is 0. The molecule has 0 bridgehead atoms. The summed E-state index contributed by atoms with van der Waals surface area (Å²) in [5.41, 5.74) is 1.08. The number of benzene rings is 1. The van der Waals surface area contributed by atoms with Crippen LogP contribution in [0.4, 0.5) is 0 Å². The number of phenols is 1. The monoisotopic (exact) mass is 206 g/mol. The van der Waals surface area contributed by atoms with Crippen LogP contribution in [0.2, 0.25) is 0 Å². The lowest BCUT2D eigenvalue weighted by Crippen LogP contribution is -2.25. The van der Waals surface area contributed by atoms with Crippen LogP contribution in [0, 0.1) is 0 Å². The fourth-order valence-electron chi connectivity index (χ4n) is 1.26. The molecule has 15 heavy (non-hydrogen) atoms. The van der Waals surface area contributed by atoms with E-state index in [1.165, 1.54) is 0 Å². The zero-order valence-corrected chi connectivity index (χ0v) is 9.33. The Kier molecular flexibility index (Phi) is 3.53. The summed E-state index contributed by atoms with van der Waals surface area (Å²) < 4.78 is 0. The summed E-state index contributed by atoms with van der Waals surface area (Å²) in [6.07, 6.45) is 1.42. The molecule has 0 spiro atoms. The summed E-state index contributed by atoms with van der Waals surface area (Å²) in [5.74, 6) is 0.269. The number of phenolic OH excluding ortho intramolecular Hbond substituents is 1. The highest BCUT2D eigenvalue weighted by atomic mass is 16.3. The predicted molar refractivity (Wildman–Crippen MR) is 61.9 cm³/mol. The molecule has 0 aliphatic carbocycles. The predicted octanol–water partition coefficient (Wildman–Crippen LogP) is 2.65. The number of aryl methyl sites for hydroxylation is 1. The number of hydrogen-bond donors (Lipinski definition) is 2. The number of aliphatic hydroxyl groups is 1. The molecule has 0 saturated carbocycles. The average Bonchev–Trinajstić information content (AvgIpc) is 2.17. The molecule has 0 amide bonds. The molecular formula is C13H18O2. The van der Waals surface area contributed by atoms with E-state index in [0.29, 0.717) is 6.42 Å². The van der Waals surface area contributed by atoms with Crippen LogP contribution in [0.1, 0.15) is 25.8 Å². The van der Waals surface area contributed by atoms with Gasteiger partial charge in [0.05, 0.1) is 5.60 Å². The van der Waals surface area contributed by atoms with Crippen LogP contribution in [-0.2, 0) is 6.42 Å². The van der Waals surface area contributed by atoms with Crippen molar-refractivity contribution in [3.8, 4) is 5.75 Å². The van der Waals surface area contributed by atoms with Crippen molar-refractivity contribution in [2.45, 2.75) is 32.3 Å². The number of rotatable bonds is 4. The minimum absolute atomic E-state index is 0.269. The Morgan fingerprint density at radius 1 is 1.33 bits per heavy atom. The van der Waals surface area contributed by atoms with Gasteiger partial charge < -0.3 is 10.2 Å². The molecule has 0 aliphatic rings. The summed E-state index contributed by atoms with van der Waals surface area (Å²) in [4.78, 5) is 0. The van der Waals surface area contributed by atoms with Gasteiger partial charge in [-0.3, -0.25) is 0 Å². The van der Waals surface area contributed by atoms with E-state index < -0.39 is 5.60 Å². The van der Waals surface area contributed by atoms with Gasteiger partial charge in [-0.15, -0.1) is 0 Å². The highest BCUT2D eigenvalue weighted by molar-refractivity contribution is 5.26. The second-order valence-electron chi connectivity index (χ2n) is 4.22. The van der Waals surface area contributed by atoms with Gasteiger partial charge in [0, 0.05) is 0 Å². The third-order valence-electron chi connectivity index (χ3n) is 2.76. The number of aromatic hydroxyl groups is 1. The molecule has 1 aromatic rings. The first kappa shape index (κ1) is 11.8. The molecule has 2 N–H and O–H groups in total. The second kappa shape index (κ2) is 4.49. The van der Waals surface area contributed by atoms with Crippen LogP contribution >= 0.6 is 0 Å². The molecule has 0 aliphatic heterocycles. The first-order chi connectivity index (χ1) is 6.92. The smallest absolute Gasteiger partial charge is 0.115 e. The third kappa shape index (κ3) is 3.40. The molecule has 1 aromatic carbocycles. The SMILES string of the molecule is C=C(C)C(C)(O)CCc1ccc(O)cc1. The largest absolute Gasteiger partial charge is 0.508 e. The summed E-state index contributed by atoms with van der Waals surface area (Å²) >= 11 is 0. The molecule has 0 fully saturated rings. The first-order valence-corrected chi connectivity index (χ1v) is 5.08. The van der Waals surface area contributed by atoms with Gasteiger partial charge in [0.25, 0.3) is 0 Å². The molecule has 0 heterocycles. The van der Waals surface area contributed by atoms with Crippen LogP contribution in [0.25, 0.3) is 0 Å². The molecule has 1 rings (SSSR count). The Morgan fingerprint density at radius 3 is 2.33 bits per heavy atom. The zero-order chi connectivity index (χ0) is 11.5. The maximum absolute atomic E-state index is 9.96. The van der Waals surface area contributed by atoms with Crippen molar-refractivity contribution in [3.63, 3.8) is 0 Å². The average molecular weight is 206 g/mol. The lowest BCUT2D eigenvalue weighted by Gasteiger charge is -2.23. The molecule has 82 valence electrons. The molecule has 2 heteroatoms. The molecule has 0 aromatic heterocycles. The second-order valence-corrected chi connectivity index (χ2v) is 4.22. The van der Waals surface area contributed by atoms with Crippen LogP contribution in [-0.4, -0.2) is 15.8 Å². The molecule has 0 saturated heterocycles. The van der Waals surface area contributed by atoms with E-state index in [1.54, 1.807) is 19.1 Å². The quantitative estimate of drug-likeness (QED) is 0.743. The highest BCUT2D eigenvalue weighted by Crippen LogP contribution is 2.21. The number of hydrogen-bond acceptors (Lipinski definition) is 2. The Morgan fingerprint density at radius 2 is 1.87 bits per heavy atom. The van der Waals surface area contributed by atoms with E-state index in [0.717, 1.165) is 17.6 Å². The van der Waals surface area contributed by atoms with Crippen molar-refractivity contribution in [2.75, 3.05) is 0 Å². The maximum atomic E-state index is 9.96. The van der Waals surface area contributed by atoms with Crippen molar-refractivity contribution in [3.05, 3.63) is 42.0 Å². The Hall–Kier alpha value is -1.28. The maximum Gasteiger partial charge on any atom is 0.115 e. The van der Waals surface area contributed by atoms with E-state index in [4.69, 9.17) is 5.11 Å². The van der Waals surface area contributed by atoms with E-state index >= 15 is 0 Å². The minimum Gasteiger partial charge on any atom is -0.508 e. The summed E-state index contributed by atoms with van der Waals surface area (Å²) in [5, 5.41) is 19.1. The van der Waals surface area contributed by atoms with E-state index in [-0.39, 0.29) is 5.75 Å². The first-order valence-electron chi connectivity index (χ1n) is 5.08. The van der Waals surface area contributed by atoms with Gasteiger partial charge in [0.2, 0.25) is 0 Å². The van der Waals surface area contributed by atoms with E-state index in [2.05, 4.69) is 6.58 Å². The highest BCUT2D eigenvalue weighted by Gasteiger charge is 2.20. The van der Waals surface area contributed by atoms with Crippen LogP contribution in [0.5, 0.6) is 5.75 Å². The minimum atomic E-state index is -0.808. The Balaban J connectivity index is 2.57. The third-order valence-corrected chi connectivity index (χ3v) is 2.76. The van der Waals surface area contributed by atoms with Gasteiger partial charge in [0.1, 0.15) is 5.75 Å². The Labute approximate surface area is 90.9 Å². The van der Waals surface area contributed by atoms with Crippen molar-refractivity contribution in [1.82, 2.24) is 0 Å². The van der Waals surface area contributed by atoms with Crippen LogP contribution < -0.4 is 0 Å². The summed E-state index contributed by atoms with van der Waals surface area (Å²) in [6, 6.07) is 7.04. The fraction of sp³-hybridized carbons (Fsp3) is 0.385. The van der Waals surface area contributed by atoms with Crippen molar-refractivity contribution < 1.29 is 10.2 Å². The van der Waals surface area contributed by atoms with E-state index in [9.17, 15) is 5.11 Å². The molecular weight excluding hydrogens is 188 g/mol. The normalized spacial score (nSPS) is 14.6. The lowest BCUT2D eigenvalue weighted by molar-refractivity contribution is 0.0899. The van der Waals surface area contributed by atoms with Crippen molar-refractivity contribution in [2.24, 2.45) is 0 Å². The fourth-order valence-corrected chi connectivity index (χ4v) is 1.26. The van der Waals surface area contributed by atoms with Gasteiger partial charge in [-0.2, -0.15) is 0 Å². The topological polar surface area (TPSA) is 40.5 Å². The van der Waals surface area contributed by atoms with Gasteiger partial charge in [-0.1, -0.05) is 18.7 Å². The van der Waals surface area contributed by atoms with Crippen molar-refractivity contribution in [1.29, 1.82) is 0 Å². The van der Waals surface area contributed by atoms with E-state index in [1.807, 2.05) is 19.1 Å². The van der Waals surface area contributed by atoms with Gasteiger partial charge >= 0.3 is 0 Å². The van der Waals surface area contributed by atoms with Gasteiger partial charge in [0.15, 0.2) is 0 Å². The van der Waals surface area contributed by atoms with Gasteiger partial charge in [-0.25, -0.2) is 0 Å². The molecule has 1 unspecified atom stereocenters. The standard InChI is InChI=1S/C13H18O2/c1-10(2)13(3,15)9-8-11-4-6-12(14)7-5-11/h4-7,14-15H,1,8-9H2,2-3H3. The zero-order valence-electron chi connectivity index (χ0n) is 9.33. The molecule has 2 nitrogen and oxygen atoms in total.